The lowest BCUT2D eigenvalue weighted by Crippen LogP contribution is -2.40. The first kappa shape index (κ1) is 66.3. The number of nitrogens with zero attached hydrogens (tertiary/aromatic N) is 8. The monoisotopic (exact) mass is 1000 g/mol. The average Bonchev–Trinajstić information content (AvgIpc) is 4.21. The van der Waals surface area contributed by atoms with Crippen molar-refractivity contribution in [3.8, 4) is 0 Å². The van der Waals surface area contributed by atoms with E-state index in [4.69, 9.17) is 9.47 Å². The fraction of sp³-hybridized carbons (Fsp3) is 1.00. The number of hydrogen-bond acceptors (Lipinski definition) is 12. The van der Waals surface area contributed by atoms with Gasteiger partial charge < -0.3 is 29.1 Å². The number of hydrogen-bond donors (Lipinski definition) is 0. The van der Waals surface area contributed by atoms with Crippen LogP contribution in [0.3, 0.4) is 0 Å². The summed E-state index contributed by atoms with van der Waals surface area (Å²) >= 11 is 4.11. The zero-order valence-electron chi connectivity index (χ0n) is 48.5. The first-order valence-electron chi connectivity index (χ1n) is 28.7. The quantitative estimate of drug-likeness (QED) is 0.233. The molecule has 8 fully saturated rings. The van der Waals surface area contributed by atoms with E-state index in [0.717, 1.165) is 82.4 Å². The second-order valence-corrected chi connectivity index (χ2v) is 24.7. The molecule has 0 N–H and O–H groups in total. The van der Waals surface area contributed by atoms with Crippen LogP contribution in [0.4, 0.5) is 0 Å². The Hall–Kier alpha value is 0.300. The highest BCUT2D eigenvalue weighted by molar-refractivity contribution is 7.99. The van der Waals surface area contributed by atoms with Gasteiger partial charge in [-0.25, -0.2) is 0 Å². The topological polar surface area (TPSA) is 44.4 Å². The third-order valence-corrected chi connectivity index (χ3v) is 16.5. The Balaban J connectivity index is 0.000000389. The Morgan fingerprint density at radius 1 is 0.250 bits per heavy atom. The van der Waals surface area contributed by atoms with E-state index < -0.39 is 0 Å². The summed E-state index contributed by atoms with van der Waals surface area (Å²) < 4.78 is 10.4. The number of rotatable bonds is 8. The van der Waals surface area contributed by atoms with E-state index in [1.807, 2.05) is 11.8 Å². The van der Waals surface area contributed by atoms with Gasteiger partial charge >= 0.3 is 0 Å². The summed E-state index contributed by atoms with van der Waals surface area (Å²) in [5.41, 5.74) is 0. The van der Waals surface area contributed by atoms with Crippen LogP contribution in [0.5, 0.6) is 0 Å². The minimum absolute atomic E-state index is 0.650. The third kappa shape index (κ3) is 33.2. The molecule has 0 bridgehead atoms. The van der Waals surface area contributed by atoms with E-state index in [-0.39, 0.29) is 0 Å². The van der Waals surface area contributed by atoms with Gasteiger partial charge in [0.15, 0.2) is 0 Å². The van der Waals surface area contributed by atoms with Crippen molar-refractivity contribution in [1.29, 1.82) is 0 Å². The van der Waals surface area contributed by atoms with Crippen molar-refractivity contribution in [2.45, 2.75) is 223 Å². The highest BCUT2D eigenvalue weighted by Gasteiger charge is 2.18. The second-order valence-electron chi connectivity index (χ2n) is 22.4. The first-order valence-corrected chi connectivity index (χ1v) is 31.0. The summed E-state index contributed by atoms with van der Waals surface area (Å²) in [7, 11) is 0. The van der Waals surface area contributed by atoms with E-state index in [2.05, 4.69) is 162 Å². The van der Waals surface area contributed by atoms with Crippen molar-refractivity contribution >= 4 is 23.5 Å². The maximum atomic E-state index is 5.21. The molecule has 68 heavy (non-hydrogen) atoms. The highest BCUT2D eigenvalue weighted by atomic mass is 32.2. The predicted molar refractivity (Wildman–Crippen MR) is 306 cm³/mol. The van der Waals surface area contributed by atoms with Crippen molar-refractivity contribution < 1.29 is 9.47 Å². The number of thioether (sulfide) groups is 2. The molecule has 0 spiro atoms. The molecule has 8 heterocycles. The first-order chi connectivity index (χ1) is 32.4. The molecule has 0 aromatic rings. The van der Waals surface area contributed by atoms with Gasteiger partial charge in [0.25, 0.3) is 0 Å². The molecule has 0 aliphatic carbocycles. The molecule has 8 aliphatic heterocycles. The molecule has 0 atom stereocenters. The van der Waals surface area contributed by atoms with Crippen LogP contribution in [-0.4, -0.2) is 229 Å². The van der Waals surface area contributed by atoms with Crippen LogP contribution < -0.4 is 0 Å². The van der Waals surface area contributed by atoms with Crippen LogP contribution in [-0.2, 0) is 9.47 Å². The summed E-state index contributed by atoms with van der Waals surface area (Å²) in [6.07, 6.45) is 14.2. The molecule has 408 valence electrons. The molecule has 8 aliphatic rings. The van der Waals surface area contributed by atoms with E-state index in [1.165, 1.54) is 159 Å². The maximum absolute atomic E-state index is 5.21. The van der Waals surface area contributed by atoms with Gasteiger partial charge in [-0.05, 0) is 215 Å². The van der Waals surface area contributed by atoms with Crippen LogP contribution in [0.2, 0.25) is 0 Å². The van der Waals surface area contributed by atoms with Gasteiger partial charge in [0.05, 0.1) is 26.6 Å². The zero-order valence-corrected chi connectivity index (χ0v) is 50.1. The van der Waals surface area contributed by atoms with Crippen LogP contribution >= 0.6 is 23.5 Å². The Morgan fingerprint density at radius 3 is 0.706 bits per heavy atom. The molecule has 0 amide bonds. The molecule has 0 aromatic heterocycles. The average molecular weight is 1000 g/mol. The normalized spacial score (nSPS) is 22.9. The van der Waals surface area contributed by atoms with Crippen molar-refractivity contribution in [3.05, 3.63) is 0 Å². The Bertz CT molecular complexity index is 903. The minimum atomic E-state index is 0.650. The lowest BCUT2D eigenvalue weighted by atomic mass is 10.1. The Kier molecular flexibility index (Phi) is 40.6. The van der Waals surface area contributed by atoms with Crippen molar-refractivity contribution in [2.24, 2.45) is 0 Å². The summed E-state index contributed by atoms with van der Waals surface area (Å²) in [5, 5.41) is 0. The second kappa shape index (κ2) is 41.6. The van der Waals surface area contributed by atoms with E-state index in [1.54, 1.807) is 0 Å². The molecule has 0 saturated carbocycles. The molecule has 10 nitrogen and oxygen atoms in total. The summed E-state index contributed by atoms with van der Waals surface area (Å²) in [4.78, 5) is 19.9. The van der Waals surface area contributed by atoms with Crippen molar-refractivity contribution in [1.82, 2.24) is 39.2 Å². The number of likely N-dealkylation sites (tertiary alicyclic amines) is 4. The van der Waals surface area contributed by atoms with E-state index in [9.17, 15) is 0 Å². The van der Waals surface area contributed by atoms with Crippen LogP contribution in [0.1, 0.15) is 175 Å². The number of piperidine rings is 2. The number of ether oxygens (including phenoxy) is 2. The Morgan fingerprint density at radius 2 is 0.500 bits per heavy atom. The van der Waals surface area contributed by atoms with Crippen LogP contribution in [0, 0.1) is 0 Å². The predicted octanol–water partition coefficient (Wildman–Crippen LogP) is 11.0. The zero-order chi connectivity index (χ0) is 50.7. The van der Waals surface area contributed by atoms with Crippen molar-refractivity contribution in [3.63, 3.8) is 0 Å². The fourth-order valence-corrected chi connectivity index (χ4v) is 11.3. The fourth-order valence-electron chi connectivity index (χ4n) is 9.24. The highest BCUT2D eigenvalue weighted by Crippen LogP contribution is 2.16. The number of morpholine rings is 1. The Labute approximate surface area is 434 Å². The van der Waals surface area contributed by atoms with Crippen molar-refractivity contribution in [2.75, 3.05) is 141 Å². The van der Waals surface area contributed by atoms with E-state index >= 15 is 0 Å². The van der Waals surface area contributed by atoms with Crippen LogP contribution in [0.15, 0.2) is 0 Å². The van der Waals surface area contributed by atoms with Gasteiger partial charge in [-0.1, -0.05) is 12.8 Å². The molecular weight excluding hydrogens is 881 g/mol. The largest absolute Gasteiger partial charge is 0.379 e. The van der Waals surface area contributed by atoms with Gasteiger partial charge in [-0.3, -0.25) is 19.6 Å². The van der Waals surface area contributed by atoms with Gasteiger partial charge in [-0.2, -0.15) is 11.8 Å². The molecule has 8 rings (SSSR count). The standard InChI is InChI=1S/2C8H17N.C7H15NO.C7H15NS.2C7H15N.C6H13NO.C6H13NS/c2*1-8(2)9-6-4-3-5-7-9;2*1-7(2)8-3-5-9-6-4-8;2*1-7(2)8-5-3-4-6-8;2*1-6(2)7-3-4-8-5-7/h2*8H,3-7H2,1-2H3;2*7H,3-6H2,1-2H3;2*7H,3-6H2,1-2H3;2*6H,3-5H2,1-2H3. The van der Waals surface area contributed by atoms with Gasteiger partial charge in [0.1, 0.15) is 0 Å². The third-order valence-electron chi connectivity index (χ3n) is 14.6. The maximum Gasteiger partial charge on any atom is 0.0993 e. The van der Waals surface area contributed by atoms with Gasteiger partial charge in [-0.15, -0.1) is 11.8 Å². The lowest BCUT2D eigenvalue weighted by molar-refractivity contribution is 0.0238. The minimum Gasteiger partial charge on any atom is -0.379 e. The van der Waals surface area contributed by atoms with Gasteiger partial charge in [0, 0.05) is 111 Å². The van der Waals surface area contributed by atoms with E-state index in [0.29, 0.717) is 12.1 Å². The summed E-state index contributed by atoms with van der Waals surface area (Å²) in [6.45, 7) is 57.5. The molecule has 0 aromatic carbocycles. The SMILES string of the molecule is CC(C)N1CCCC1.CC(C)N1CCCC1.CC(C)N1CCCCC1.CC(C)N1CCCCC1.CC(C)N1CCOC1.CC(C)N1CCOCC1.CC(C)N1CCSC1.CC(C)N1CCSCC1. The molecule has 0 radical (unpaired) electrons. The smallest absolute Gasteiger partial charge is 0.0993 e. The van der Waals surface area contributed by atoms with Crippen LogP contribution in [0.25, 0.3) is 0 Å². The molecule has 0 unspecified atom stereocenters. The summed E-state index contributed by atoms with van der Waals surface area (Å²) in [6, 6.07) is 5.94. The molecule has 8 saturated heterocycles. The molecular formula is C56H120N8O2S2. The summed E-state index contributed by atoms with van der Waals surface area (Å²) in [5.74, 6) is 5.24. The van der Waals surface area contributed by atoms with Gasteiger partial charge in [0.2, 0.25) is 0 Å². The molecule has 12 heteroatoms. The lowest BCUT2D eigenvalue weighted by Gasteiger charge is -2.29.